The van der Waals surface area contributed by atoms with E-state index in [1.165, 1.54) is 6.07 Å². The number of aryl methyl sites for hydroxylation is 1. The molecule has 2 rings (SSSR count). The summed E-state index contributed by atoms with van der Waals surface area (Å²) in [6.45, 7) is 1.72. The zero-order chi connectivity index (χ0) is 15.6. The maximum Gasteiger partial charge on any atom is 0.282 e. The number of amides is 1. The predicted octanol–water partition coefficient (Wildman–Crippen LogP) is 3.53. The highest BCUT2D eigenvalue weighted by Crippen LogP contribution is 2.30. The fourth-order valence-corrected chi connectivity index (χ4v) is 3.36. The van der Waals surface area contributed by atoms with Crippen molar-refractivity contribution < 1.29 is 9.72 Å². The summed E-state index contributed by atoms with van der Waals surface area (Å²) in [5.41, 5.74) is 0.635. The van der Waals surface area contributed by atoms with Crippen molar-refractivity contribution >= 4 is 23.2 Å². The summed E-state index contributed by atoms with van der Waals surface area (Å²) < 4.78 is 0. The topological polar surface area (TPSA) is 63.5 Å². The van der Waals surface area contributed by atoms with Crippen molar-refractivity contribution in [2.45, 2.75) is 44.0 Å². The van der Waals surface area contributed by atoms with Crippen LogP contribution in [0.1, 0.15) is 41.6 Å². The molecule has 0 N–H and O–H groups in total. The van der Waals surface area contributed by atoms with Gasteiger partial charge in [0.05, 0.1) is 10.3 Å². The number of hydrogen-bond acceptors (Lipinski definition) is 3. The van der Waals surface area contributed by atoms with Crippen LogP contribution in [0.3, 0.4) is 0 Å². The van der Waals surface area contributed by atoms with Gasteiger partial charge in [-0.05, 0) is 25.3 Å². The summed E-state index contributed by atoms with van der Waals surface area (Å²) in [5, 5.41) is 11.1. The number of nitro groups is 1. The van der Waals surface area contributed by atoms with Crippen molar-refractivity contribution in [3.63, 3.8) is 0 Å². The highest BCUT2D eigenvalue weighted by Gasteiger charge is 2.33. The van der Waals surface area contributed by atoms with E-state index < -0.39 is 4.92 Å². The third-order valence-corrected chi connectivity index (χ3v) is 4.64. The third-order valence-electron chi connectivity index (χ3n) is 4.13. The molecule has 1 aromatic rings. The van der Waals surface area contributed by atoms with Crippen molar-refractivity contribution in [1.29, 1.82) is 0 Å². The zero-order valence-electron chi connectivity index (χ0n) is 12.2. The van der Waals surface area contributed by atoms with Crippen LogP contribution >= 0.6 is 11.6 Å². The Morgan fingerprint density at radius 1 is 1.38 bits per heavy atom. The first-order valence-electron chi connectivity index (χ1n) is 7.08. The predicted molar refractivity (Wildman–Crippen MR) is 81.8 cm³/mol. The monoisotopic (exact) mass is 310 g/mol. The fraction of sp³-hybridized carbons (Fsp3) is 0.533. The summed E-state index contributed by atoms with van der Waals surface area (Å²) in [7, 11) is 1.68. The molecule has 1 fully saturated rings. The highest BCUT2D eigenvalue weighted by atomic mass is 35.5. The summed E-state index contributed by atoms with van der Waals surface area (Å²) >= 11 is 6.32. The lowest BCUT2D eigenvalue weighted by molar-refractivity contribution is -0.385. The highest BCUT2D eigenvalue weighted by molar-refractivity contribution is 6.21. The van der Waals surface area contributed by atoms with Crippen LogP contribution in [0.15, 0.2) is 18.2 Å². The lowest BCUT2D eigenvalue weighted by Crippen LogP contribution is -2.44. The van der Waals surface area contributed by atoms with Gasteiger partial charge in [-0.15, -0.1) is 11.6 Å². The number of rotatable bonds is 3. The minimum Gasteiger partial charge on any atom is -0.337 e. The first-order valence-corrected chi connectivity index (χ1v) is 7.52. The van der Waals surface area contributed by atoms with Crippen LogP contribution in [0.2, 0.25) is 0 Å². The zero-order valence-corrected chi connectivity index (χ0v) is 13.0. The van der Waals surface area contributed by atoms with E-state index in [1.807, 2.05) is 0 Å². The average molecular weight is 311 g/mol. The summed E-state index contributed by atoms with van der Waals surface area (Å²) in [4.78, 5) is 24.9. The number of benzene rings is 1. The number of hydrogen-bond donors (Lipinski definition) is 0. The lowest BCUT2D eigenvalue weighted by Gasteiger charge is -2.35. The van der Waals surface area contributed by atoms with Crippen molar-refractivity contribution in [2.75, 3.05) is 7.05 Å². The lowest BCUT2D eigenvalue weighted by atomic mass is 9.93. The van der Waals surface area contributed by atoms with Gasteiger partial charge < -0.3 is 4.90 Å². The fourth-order valence-electron chi connectivity index (χ4n) is 2.91. The first-order chi connectivity index (χ1) is 9.93. The molecule has 21 heavy (non-hydrogen) atoms. The van der Waals surface area contributed by atoms with Crippen LogP contribution in [0.4, 0.5) is 5.69 Å². The molecule has 0 heterocycles. The maximum absolute atomic E-state index is 12.7. The van der Waals surface area contributed by atoms with E-state index in [2.05, 4.69) is 0 Å². The van der Waals surface area contributed by atoms with E-state index in [-0.39, 0.29) is 28.6 Å². The van der Waals surface area contributed by atoms with Gasteiger partial charge >= 0.3 is 0 Å². The Morgan fingerprint density at radius 2 is 2.05 bits per heavy atom. The molecule has 2 unspecified atom stereocenters. The summed E-state index contributed by atoms with van der Waals surface area (Å²) in [6.07, 6.45) is 3.81. The molecule has 1 saturated carbocycles. The Balaban J connectivity index is 2.33. The molecule has 2 atom stereocenters. The molecule has 1 aliphatic carbocycles. The van der Waals surface area contributed by atoms with Crippen molar-refractivity contribution in [3.05, 3.63) is 39.4 Å². The number of alkyl halides is 1. The minimum atomic E-state index is -0.507. The van der Waals surface area contributed by atoms with E-state index in [1.54, 1.807) is 31.0 Å². The quantitative estimate of drug-likeness (QED) is 0.487. The largest absolute Gasteiger partial charge is 0.337 e. The molecular weight excluding hydrogens is 292 g/mol. The Morgan fingerprint density at radius 3 is 2.67 bits per heavy atom. The Hall–Kier alpha value is -1.62. The molecule has 1 aliphatic rings. The molecule has 5 nitrogen and oxygen atoms in total. The molecule has 114 valence electrons. The Bertz CT molecular complexity index is 562. The molecule has 0 radical (unpaired) electrons. The molecular formula is C15H19ClN2O3. The second kappa shape index (κ2) is 6.43. The molecule has 0 aromatic heterocycles. The number of halogens is 1. The van der Waals surface area contributed by atoms with Gasteiger partial charge in [0.2, 0.25) is 0 Å². The van der Waals surface area contributed by atoms with E-state index in [9.17, 15) is 14.9 Å². The van der Waals surface area contributed by atoms with Gasteiger partial charge in [-0.1, -0.05) is 25.0 Å². The van der Waals surface area contributed by atoms with Gasteiger partial charge in [-0.25, -0.2) is 0 Å². The van der Waals surface area contributed by atoms with E-state index in [0.29, 0.717) is 5.56 Å². The third kappa shape index (κ3) is 3.18. The van der Waals surface area contributed by atoms with Gasteiger partial charge in [0.15, 0.2) is 0 Å². The van der Waals surface area contributed by atoms with Crippen LogP contribution in [0.25, 0.3) is 0 Å². The van der Waals surface area contributed by atoms with Crippen molar-refractivity contribution in [2.24, 2.45) is 0 Å². The van der Waals surface area contributed by atoms with E-state index in [0.717, 1.165) is 25.7 Å². The first kappa shape index (κ1) is 15.8. The van der Waals surface area contributed by atoms with Crippen LogP contribution in [-0.2, 0) is 0 Å². The number of nitro benzene ring substituents is 1. The number of nitrogens with zero attached hydrogens (tertiary/aromatic N) is 2. The molecule has 6 heteroatoms. The molecule has 1 aromatic carbocycles. The van der Waals surface area contributed by atoms with E-state index >= 15 is 0 Å². The molecule has 0 spiro atoms. The molecule has 1 amide bonds. The standard InChI is InChI=1S/C15H19ClN2O3/c1-10-6-5-9-13(18(20)21)14(10)15(19)17(2)12-8-4-3-7-11(12)16/h5-6,9,11-12H,3-4,7-8H2,1-2H3. The van der Waals surface area contributed by atoms with Crippen LogP contribution in [-0.4, -0.2) is 34.2 Å². The molecule has 0 saturated heterocycles. The van der Waals surface area contributed by atoms with Gasteiger partial charge in [0.1, 0.15) is 5.56 Å². The van der Waals surface area contributed by atoms with Gasteiger partial charge in [-0.2, -0.15) is 0 Å². The smallest absolute Gasteiger partial charge is 0.282 e. The Kier molecular flexibility index (Phi) is 4.83. The Labute approximate surface area is 129 Å². The van der Waals surface area contributed by atoms with Crippen LogP contribution in [0.5, 0.6) is 0 Å². The van der Waals surface area contributed by atoms with Gasteiger partial charge in [0.25, 0.3) is 11.6 Å². The van der Waals surface area contributed by atoms with Gasteiger partial charge in [0, 0.05) is 19.2 Å². The van der Waals surface area contributed by atoms with Crippen molar-refractivity contribution in [3.8, 4) is 0 Å². The average Bonchev–Trinajstić information content (AvgIpc) is 2.46. The normalized spacial score (nSPS) is 21.9. The molecule has 0 aliphatic heterocycles. The summed E-state index contributed by atoms with van der Waals surface area (Å²) in [5.74, 6) is -0.322. The van der Waals surface area contributed by atoms with Crippen molar-refractivity contribution in [1.82, 2.24) is 4.90 Å². The maximum atomic E-state index is 12.7. The number of carbonyl (C=O) groups excluding carboxylic acids is 1. The molecule has 0 bridgehead atoms. The SMILES string of the molecule is Cc1cccc([N+](=O)[O-])c1C(=O)N(C)C1CCCCC1Cl. The second-order valence-electron chi connectivity index (χ2n) is 5.51. The van der Waals surface area contributed by atoms with Gasteiger partial charge in [-0.3, -0.25) is 14.9 Å². The second-order valence-corrected chi connectivity index (χ2v) is 6.07. The number of carbonyl (C=O) groups is 1. The van der Waals surface area contributed by atoms with Crippen LogP contribution < -0.4 is 0 Å². The minimum absolute atomic E-state index is 0.0628. The van der Waals surface area contributed by atoms with Crippen LogP contribution in [0, 0.1) is 17.0 Å². The van der Waals surface area contributed by atoms with E-state index in [4.69, 9.17) is 11.6 Å². The summed E-state index contributed by atoms with van der Waals surface area (Å²) in [6, 6.07) is 4.61.